The van der Waals surface area contributed by atoms with Crippen LogP contribution in [0.25, 0.3) is 0 Å². The molecule has 1 unspecified atom stereocenters. The maximum absolute atomic E-state index is 11.9. The lowest BCUT2D eigenvalue weighted by Crippen LogP contribution is -2.47. The van der Waals surface area contributed by atoms with Crippen LogP contribution in [0.3, 0.4) is 0 Å². The van der Waals surface area contributed by atoms with Gasteiger partial charge in [-0.2, -0.15) is 11.8 Å². The minimum atomic E-state index is -1.21. The number of thioether (sulfide) groups is 1. The van der Waals surface area contributed by atoms with E-state index in [1.165, 1.54) is 0 Å². The molecule has 1 saturated heterocycles. The van der Waals surface area contributed by atoms with Crippen molar-refractivity contribution in [3.05, 3.63) is 33.8 Å². The zero-order valence-electron chi connectivity index (χ0n) is 10.3. The third-order valence-corrected chi connectivity index (χ3v) is 5.03. The van der Waals surface area contributed by atoms with Crippen molar-refractivity contribution in [2.24, 2.45) is 0 Å². The zero-order chi connectivity index (χ0) is 13.9. The number of carbonyl (C=O) groups is 1. The summed E-state index contributed by atoms with van der Waals surface area (Å²) in [5.41, 5.74) is -0.395. The van der Waals surface area contributed by atoms with E-state index in [0.717, 1.165) is 11.3 Å². The van der Waals surface area contributed by atoms with Gasteiger partial charge in [-0.25, -0.2) is 0 Å². The fourth-order valence-electron chi connectivity index (χ4n) is 1.97. The fraction of sp³-hybridized carbons (Fsp3) is 0.462. The normalized spacial score (nSPS) is 22.5. The predicted octanol–water partition coefficient (Wildman–Crippen LogP) is 2.52. The van der Waals surface area contributed by atoms with Gasteiger partial charge in [-0.3, -0.25) is 4.79 Å². The third kappa shape index (κ3) is 3.57. The molecule has 2 rings (SSSR count). The molecule has 1 aliphatic heterocycles. The maximum Gasteiger partial charge on any atom is 0.252 e. The highest BCUT2D eigenvalue weighted by molar-refractivity contribution is 7.99. The van der Waals surface area contributed by atoms with Gasteiger partial charge in [0, 0.05) is 22.3 Å². The number of carbonyl (C=O) groups excluding carboxylic acids is 1. The molecule has 1 heterocycles. The Morgan fingerprint density at radius 1 is 1.42 bits per heavy atom. The largest absolute Gasteiger partial charge is 0.379 e. The minimum absolute atomic E-state index is 0.305. The van der Waals surface area contributed by atoms with E-state index in [2.05, 4.69) is 5.32 Å². The van der Waals surface area contributed by atoms with Crippen LogP contribution in [0.15, 0.2) is 18.2 Å². The monoisotopic (exact) mass is 319 g/mol. The number of hydrogen-bond donors (Lipinski definition) is 2. The van der Waals surface area contributed by atoms with Gasteiger partial charge in [0.05, 0.1) is 0 Å². The molecule has 19 heavy (non-hydrogen) atoms. The van der Waals surface area contributed by atoms with Gasteiger partial charge < -0.3 is 10.4 Å². The zero-order valence-corrected chi connectivity index (χ0v) is 12.6. The first kappa shape index (κ1) is 15.0. The van der Waals surface area contributed by atoms with Crippen molar-refractivity contribution in [2.75, 3.05) is 18.1 Å². The van der Waals surface area contributed by atoms with E-state index in [1.807, 2.05) is 0 Å². The molecule has 0 aliphatic carbocycles. The van der Waals surface area contributed by atoms with Crippen molar-refractivity contribution < 1.29 is 9.90 Å². The Morgan fingerprint density at radius 3 is 2.68 bits per heavy atom. The molecule has 0 saturated carbocycles. The number of benzene rings is 1. The topological polar surface area (TPSA) is 49.3 Å². The molecular weight excluding hydrogens is 305 g/mol. The first-order valence-corrected chi connectivity index (χ1v) is 7.95. The van der Waals surface area contributed by atoms with Crippen LogP contribution in [0, 0.1) is 0 Å². The second-order valence-corrected chi connectivity index (χ2v) is 6.46. The number of aliphatic hydroxyl groups is 1. The van der Waals surface area contributed by atoms with Gasteiger partial charge in [0.25, 0.3) is 5.91 Å². The number of nitrogens with one attached hydrogen (secondary N) is 1. The second kappa shape index (κ2) is 6.35. The van der Waals surface area contributed by atoms with Gasteiger partial charge >= 0.3 is 0 Å². The Labute approximate surface area is 126 Å². The van der Waals surface area contributed by atoms with Crippen molar-refractivity contribution in [2.45, 2.75) is 18.4 Å². The van der Waals surface area contributed by atoms with E-state index in [-0.39, 0.29) is 5.91 Å². The number of halogens is 2. The second-order valence-electron chi connectivity index (χ2n) is 4.54. The van der Waals surface area contributed by atoms with E-state index in [9.17, 15) is 9.90 Å². The molecule has 1 aromatic rings. The first-order valence-electron chi connectivity index (χ1n) is 6.04. The molecule has 1 aliphatic rings. The summed E-state index contributed by atoms with van der Waals surface area (Å²) in [5.74, 6) is 0.979. The quantitative estimate of drug-likeness (QED) is 0.896. The Balaban J connectivity index is 1.88. The van der Waals surface area contributed by atoms with Crippen LogP contribution in [0.2, 0.25) is 10.0 Å². The van der Waals surface area contributed by atoms with Crippen LogP contribution < -0.4 is 5.32 Å². The smallest absolute Gasteiger partial charge is 0.252 e. The Morgan fingerprint density at radius 2 is 2.11 bits per heavy atom. The Kier molecular flexibility index (Phi) is 5.01. The third-order valence-electron chi connectivity index (χ3n) is 3.15. The number of hydrogen-bond acceptors (Lipinski definition) is 3. The fourth-order valence-corrected chi connectivity index (χ4v) is 3.80. The molecule has 2 N–H and O–H groups in total. The summed E-state index contributed by atoms with van der Waals surface area (Å²) in [7, 11) is 0. The summed E-state index contributed by atoms with van der Waals surface area (Å²) in [6.45, 7) is 0.412. The van der Waals surface area contributed by atoms with E-state index in [4.69, 9.17) is 23.2 Å². The maximum atomic E-state index is 11.9. The summed E-state index contributed by atoms with van der Waals surface area (Å²) in [6, 6.07) is 5.32. The lowest BCUT2D eigenvalue weighted by molar-refractivity contribution is -0.137. The van der Waals surface area contributed by atoms with Gasteiger partial charge in [0.1, 0.15) is 0 Å². The molecule has 6 heteroatoms. The standard InChI is InChI=1S/C13H15Cl2NO2S/c14-10-2-1-3-11(15)9(10)4-6-16-12(17)13(18)5-7-19-8-13/h1-3,18H,4-8H2,(H,16,17). The lowest BCUT2D eigenvalue weighted by atomic mass is 10.0. The molecule has 1 amide bonds. The van der Waals surface area contributed by atoms with Gasteiger partial charge in [-0.15, -0.1) is 0 Å². The van der Waals surface area contributed by atoms with E-state index < -0.39 is 5.60 Å². The van der Waals surface area contributed by atoms with Crippen LogP contribution in [0.5, 0.6) is 0 Å². The van der Waals surface area contributed by atoms with Crippen molar-refractivity contribution in [3.63, 3.8) is 0 Å². The van der Waals surface area contributed by atoms with Crippen molar-refractivity contribution in [3.8, 4) is 0 Å². The lowest BCUT2D eigenvalue weighted by Gasteiger charge is -2.20. The van der Waals surface area contributed by atoms with Crippen molar-refractivity contribution in [1.29, 1.82) is 0 Å². The summed E-state index contributed by atoms with van der Waals surface area (Å²) in [4.78, 5) is 11.9. The highest BCUT2D eigenvalue weighted by atomic mass is 35.5. The SMILES string of the molecule is O=C(NCCc1c(Cl)cccc1Cl)C1(O)CCSC1. The summed E-state index contributed by atoms with van der Waals surface area (Å²) >= 11 is 13.7. The van der Waals surface area contributed by atoms with Gasteiger partial charge in [-0.05, 0) is 36.3 Å². The molecule has 0 spiro atoms. The molecule has 1 fully saturated rings. The van der Waals surface area contributed by atoms with Gasteiger partial charge in [0.2, 0.25) is 0 Å². The molecule has 1 aromatic carbocycles. The number of amides is 1. The molecule has 0 aromatic heterocycles. The average Bonchev–Trinajstić information content (AvgIpc) is 2.81. The van der Waals surface area contributed by atoms with Crippen LogP contribution >= 0.6 is 35.0 Å². The number of rotatable bonds is 4. The summed E-state index contributed by atoms with van der Waals surface area (Å²) < 4.78 is 0. The Bertz CT molecular complexity index is 455. The van der Waals surface area contributed by atoms with Crippen LogP contribution in [0.4, 0.5) is 0 Å². The first-order chi connectivity index (χ1) is 9.03. The van der Waals surface area contributed by atoms with Gasteiger partial charge in [-0.1, -0.05) is 29.3 Å². The van der Waals surface area contributed by atoms with Crippen LogP contribution in [-0.4, -0.2) is 34.7 Å². The van der Waals surface area contributed by atoms with E-state index in [1.54, 1.807) is 30.0 Å². The van der Waals surface area contributed by atoms with Crippen LogP contribution in [-0.2, 0) is 11.2 Å². The molecule has 3 nitrogen and oxygen atoms in total. The molecular formula is C13H15Cl2NO2S. The van der Waals surface area contributed by atoms with Crippen molar-refractivity contribution >= 4 is 40.9 Å². The van der Waals surface area contributed by atoms with Crippen molar-refractivity contribution in [1.82, 2.24) is 5.32 Å². The highest BCUT2D eigenvalue weighted by Gasteiger charge is 2.39. The predicted molar refractivity (Wildman–Crippen MR) is 80.1 cm³/mol. The molecule has 1 atom stereocenters. The molecule has 0 radical (unpaired) electrons. The Hall–Kier alpha value is -0.420. The summed E-state index contributed by atoms with van der Waals surface area (Å²) in [6.07, 6.45) is 1.06. The van der Waals surface area contributed by atoms with E-state index >= 15 is 0 Å². The van der Waals surface area contributed by atoms with E-state index in [0.29, 0.717) is 35.2 Å². The van der Waals surface area contributed by atoms with Crippen LogP contribution in [0.1, 0.15) is 12.0 Å². The molecule has 104 valence electrons. The van der Waals surface area contributed by atoms with Gasteiger partial charge in [0.15, 0.2) is 5.60 Å². The highest BCUT2D eigenvalue weighted by Crippen LogP contribution is 2.28. The average molecular weight is 320 g/mol. The molecule has 0 bridgehead atoms. The summed E-state index contributed by atoms with van der Waals surface area (Å²) in [5, 5.41) is 14.0. The minimum Gasteiger partial charge on any atom is -0.379 e.